The molecule has 1 aromatic heterocycles. The molecule has 1 N–H and O–H groups in total. The summed E-state index contributed by atoms with van der Waals surface area (Å²) in [6.07, 6.45) is 13.3. The number of amides is 1. The molecule has 2 saturated heterocycles. The zero-order valence-corrected chi connectivity index (χ0v) is 19.9. The van der Waals surface area contributed by atoms with Gasteiger partial charge in [0.2, 0.25) is 0 Å². The van der Waals surface area contributed by atoms with E-state index < -0.39 is 0 Å². The van der Waals surface area contributed by atoms with Crippen LogP contribution in [-0.4, -0.2) is 83.0 Å². The molecule has 1 saturated carbocycles. The lowest BCUT2D eigenvalue weighted by molar-refractivity contribution is -0.0297. The zero-order chi connectivity index (χ0) is 22.0. The number of carbonyl (C=O) groups excluding carboxylic acids is 1. The molecule has 0 bridgehead atoms. The van der Waals surface area contributed by atoms with Gasteiger partial charge in [-0.2, -0.15) is 5.10 Å². The monoisotopic (exact) mass is 443 g/mol. The zero-order valence-electron chi connectivity index (χ0n) is 19.9. The highest BCUT2D eigenvalue weighted by molar-refractivity contribution is 5.94. The van der Waals surface area contributed by atoms with Gasteiger partial charge in [-0.25, -0.2) is 0 Å². The van der Waals surface area contributed by atoms with Crippen molar-refractivity contribution in [2.75, 3.05) is 45.9 Å². The highest BCUT2D eigenvalue weighted by Gasteiger charge is 2.39. The van der Waals surface area contributed by atoms with Crippen LogP contribution >= 0.6 is 0 Å². The van der Waals surface area contributed by atoms with E-state index >= 15 is 0 Å². The maximum Gasteiger partial charge on any atom is 0.274 e. The van der Waals surface area contributed by atoms with Gasteiger partial charge in [0.1, 0.15) is 0 Å². The Morgan fingerprint density at radius 1 is 1.06 bits per heavy atom. The molecule has 0 radical (unpaired) electrons. The van der Waals surface area contributed by atoms with E-state index in [4.69, 9.17) is 9.84 Å². The summed E-state index contributed by atoms with van der Waals surface area (Å²) in [4.78, 5) is 17.9. The fourth-order valence-electron chi connectivity index (χ4n) is 6.57. The van der Waals surface area contributed by atoms with Crippen LogP contribution in [0.5, 0.6) is 0 Å². The number of fused-ring (bicyclic) bond motifs is 1. The summed E-state index contributed by atoms with van der Waals surface area (Å²) in [6, 6.07) is 0.429. The Hall–Kier alpha value is -1.44. The first-order valence-corrected chi connectivity index (χ1v) is 13.1. The molecule has 32 heavy (non-hydrogen) atoms. The summed E-state index contributed by atoms with van der Waals surface area (Å²) in [5.74, 6) is 0.147. The first kappa shape index (κ1) is 22.4. The molecule has 0 unspecified atom stereocenters. The highest BCUT2D eigenvalue weighted by Crippen LogP contribution is 2.34. The van der Waals surface area contributed by atoms with Gasteiger partial charge in [-0.05, 0) is 44.9 Å². The third kappa shape index (κ3) is 4.48. The average Bonchev–Trinajstić information content (AvgIpc) is 3.40. The Kier molecular flexibility index (Phi) is 6.86. The van der Waals surface area contributed by atoms with Crippen LogP contribution in [0.3, 0.4) is 0 Å². The Balaban J connectivity index is 1.29. The Bertz CT molecular complexity index is 786. The van der Waals surface area contributed by atoms with E-state index in [1.54, 1.807) is 0 Å². The number of rotatable bonds is 5. The van der Waals surface area contributed by atoms with Crippen molar-refractivity contribution in [3.63, 3.8) is 0 Å². The molecule has 5 rings (SSSR count). The number of hydrogen-bond acceptors (Lipinski definition) is 5. The molecule has 1 aromatic rings. The van der Waals surface area contributed by atoms with Gasteiger partial charge in [-0.1, -0.05) is 25.7 Å². The van der Waals surface area contributed by atoms with E-state index in [0.29, 0.717) is 11.7 Å². The summed E-state index contributed by atoms with van der Waals surface area (Å²) in [5, 5.41) is 8.69. The van der Waals surface area contributed by atoms with Crippen LogP contribution in [0.1, 0.15) is 79.5 Å². The molecule has 2 aliphatic heterocycles. The van der Waals surface area contributed by atoms with Crippen molar-refractivity contribution >= 4 is 5.91 Å². The lowest BCUT2D eigenvalue weighted by Crippen LogP contribution is -2.59. The van der Waals surface area contributed by atoms with Gasteiger partial charge in [0.25, 0.3) is 5.91 Å². The third-order valence-electron chi connectivity index (χ3n) is 8.49. The second-order valence-corrected chi connectivity index (χ2v) is 10.5. The van der Waals surface area contributed by atoms with E-state index in [1.807, 2.05) is 16.6 Å². The molecule has 2 aliphatic carbocycles. The Morgan fingerprint density at radius 2 is 1.78 bits per heavy atom. The van der Waals surface area contributed by atoms with E-state index in [1.165, 1.54) is 49.8 Å². The van der Waals surface area contributed by atoms with Crippen molar-refractivity contribution in [2.45, 2.75) is 82.2 Å². The van der Waals surface area contributed by atoms with Crippen molar-refractivity contribution in [1.29, 1.82) is 0 Å². The molecule has 4 aliphatic rings. The van der Waals surface area contributed by atoms with Crippen LogP contribution in [0.2, 0.25) is 0 Å². The molecule has 1 atom stereocenters. The number of morpholine rings is 1. The Labute approximate surface area is 192 Å². The van der Waals surface area contributed by atoms with Crippen molar-refractivity contribution in [1.82, 2.24) is 24.9 Å². The van der Waals surface area contributed by atoms with Crippen molar-refractivity contribution in [3.8, 4) is 0 Å². The number of nitrogens with one attached hydrogen (secondary N) is 1. The maximum atomic E-state index is 13.2. The van der Waals surface area contributed by atoms with Crippen molar-refractivity contribution in [2.24, 2.45) is 7.05 Å². The lowest BCUT2D eigenvalue weighted by Gasteiger charge is -2.46. The van der Waals surface area contributed by atoms with Gasteiger partial charge >= 0.3 is 0 Å². The second kappa shape index (κ2) is 9.82. The van der Waals surface area contributed by atoms with Crippen LogP contribution in [0, 0.1) is 0 Å². The maximum absolute atomic E-state index is 13.2. The largest absolute Gasteiger partial charge is 0.379 e. The van der Waals surface area contributed by atoms with Crippen LogP contribution < -0.4 is 5.32 Å². The van der Waals surface area contributed by atoms with Gasteiger partial charge in [0.15, 0.2) is 5.69 Å². The predicted octanol–water partition coefficient (Wildman–Crippen LogP) is 2.53. The van der Waals surface area contributed by atoms with Gasteiger partial charge in [-0.3, -0.25) is 14.4 Å². The minimum absolute atomic E-state index is 0.147. The summed E-state index contributed by atoms with van der Waals surface area (Å²) >= 11 is 0. The fraction of sp³-hybridized carbons (Fsp3) is 0.840. The van der Waals surface area contributed by atoms with Crippen LogP contribution in [-0.2, 0) is 24.6 Å². The van der Waals surface area contributed by atoms with E-state index in [9.17, 15) is 4.79 Å². The SMILES string of the molecule is Cn1nc(C(=O)N2CCCC2)c2c1CC[C@H](NCC1(N3CCOCC3)CCCCCC1)C2. The standard InChI is InChI=1S/C25H41N5O2/c1-28-22-9-8-20(18-21(22)23(27-28)24(31)29-12-6-7-13-29)26-19-25(10-4-2-3-5-11-25)30-14-16-32-17-15-30/h20,26H,2-19H2,1H3/t20-/m0/s1. The number of aryl methyl sites for hydroxylation is 1. The van der Waals surface area contributed by atoms with Crippen LogP contribution in [0.15, 0.2) is 0 Å². The first-order valence-electron chi connectivity index (χ1n) is 13.1. The molecule has 7 nitrogen and oxygen atoms in total. The number of likely N-dealkylation sites (tertiary alicyclic amines) is 1. The van der Waals surface area contributed by atoms with E-state index in [0.717, 1.165) is 78.0 Å². The minimum Gasteiger partial charge on any atom is -0.379 e. The molecule has 0 spiro atoms. The van der Waals surface area contributed by atoms with Gasteiger partial charge in [0.05, 0.1) is 13.2 Å². The molecule has 0 aromatic carbocycles. The van der Waals surface area contributed by atoms with Crippen molar-refractivity contribution in [3.05, 3.63) is 17.0 Å². The molecular weight excluding hydrogens is 402 g/mol. The van der Waals surface area contributed by atoms with Gasteiger partial charge < -0.3 is 15.0 Å². The summed E-state index contributed by atoms with van der Waals surface area (Å²) in [6.45, 7) is 6.68. The number of nitrogens with zero attached hydrogens (tertiary/aromatic N) is 4. The smallest absolute Gasteiger partial charge is 0.274 e. The molecule has 1 amide bonds. The number of hydrogen-bond donors (Lipinski definition) is 1. The molecule has 178 valence electrons. The molecule has 3 fully saturated rings. The van der Waals surface area contributed by atoms with Gasteiger partial charge in [0, 0.05) is 62.6 Å². The summed E-state index contributed by atoms with van der Waals surface area (Å²) < 4.78 is 7.64. The number of aromatic nitrogens is 2. The van der Waals surface area contributed by atoms with Gasteiger partial charge in [-0.15, -0.1) is 0 Å². The fourth-order valence-corrected chi connectivity index (χ4v) is 6.57. The first-order chi connectivity index (χ1) is 15.7. The summed E-state index contributed by atoms with van der Waals surface area (Å²) in [5.41, 5.74) is 3.45. The minimum atomic E-state index is 0.147. The predicted molar refractivity (Wildman–Crippen MR) is 125 cm³/mol. The second-order valence-electron chi connectivity index (χ2n) is 10.5. The highest BCUT2D eigenvalue weighted by atomic mass is 16.5. The van der Waals surface area contributed by atoms with Crippen molar-refractivity contribution < 1.29 is 9.53 Å². The lowest BCUT2D eigenvalue weighted by atomic mass is 9.85. The van der Waals surface area contributed by atoms with E-state index in [2.05, 4.69) is 10.2 Å². The third-order valence-corrected chi connectivity index (χ3v) is 8.49. The molecule has 7 heteroatoms. The van der Waals surface area contributed by atoms with Crippen LogP contribution in [0.25, 0.3) is 0 Å². The molecule has 3 heterocycles. The Morgan fingerprint density at radius 3 is 2.50 bits per heavy atom. The molecular formula is C25H41N5O2. The summed E-state index contributed by atoms with van der Waals surface area (Å²) in [7, 11) is 2.01. The topological polar surface area (TPSA) is 62.6 Å². The average molecular weight is 444 g/mol. The number of ether oxygens (including phenoxy) is 1. The van der Waals surface area contributed by atoms with E-state index in [-0.39, 0.29) is 11.4 Å². The number of carbonyl (C=O) groups is 1. The normalized spacial score (nSPS) is 26.7. The quantitative estimate of drug-likeness (QED) is 0.709. The van der Waals surface area contributed by atoms with Crippen LogP contribution in [0.4, 0.5) is 0 Å².